The molecule has 0 N–H and O–H groups in total. The van der Waals surface area contributed by atoms with Gasteiger partial charge in [0.1, 0.15) is 0 Å². The van der Waals surface area contributed by atoms with Crippen LogP contribution in [-0.4, -0.2) is 44.1 Å². The lowest BCUT2D eigenvalue weighted by atomic mass is 9.96. The summed E-state index contributed by atoms with van der Waals surface area (Å²) in [5.74, 6) is 1.38. The standard InChI is InChI=1S/C17H23N5O/c1-21-17(18-19-20-21)15-10-6-12-22(13-15)16(23)11-5-9-14-7-3-2-4-8-14/h2-4,7-8,15H,5-6,9-13H2,1H3. The SMILES string of the molecule is Cn1nnnc1C1CCCN(C(=O)CCCc2ccccc2)C1. The minimum atomic E-state index is 0.251. The summed E-state index contributed by atoms with van der Waals surface area (Å²) in [5.41, 5.74) is 1.29. The van der Waals surface area contributed by atoms with E-state index in [1.165, 1.54) is 5.56 Å². The molecule has 0 saturated carbocycles. The molecule has 1 saturated heterocycles. The third-order valence-electron chi connectivity index (χ3n) is 4.49. The number of nitrogens with zero attached hydrogens (tertiary/aromatic N) is 5. The second-order valence-electron chi connectivity index (χ2n) is 6.18. The molecule has 1 unspecified atom stereocenters. The molecular formula is C17H23N5O. The van der Waals surface area contributed by atoms with Gasteiger partial charge in [0, 0.05) is 32.5 Å². The topological polar surface area (TPSA) is 63.9 Å². The molecule has 0 spiro atoms. The van der Waals surface area contributed by atoms with Crippen molar-refractivity contribution in [2.24, 2.45) is 7.05 Å². The zero-order valence-electron chi connectivity index (χ0n) is 13.6. The minimum Gasteiger partial charge on any atom is -0.342 e. The van der Waals surface area contributed by atoms with Crippen LogP contribution >= 0.6 is 0 Å². The molecule has 2 heterocycles. The first-order chi connectivity index (χ1) is 11.2. The summed E-state index contributed by atoms with van der Waals surface area (Å²) < 4.78 is 1.72. The zero-order valence-corrected chi connectivity index (χ0v) is 13.6. The number of aryl methyl sites for hydroxylation is 2. The van der Waals surface area contributed by atoms with Crippen molar-refractivity contribution in [3.63, 3.8) is 0 Å². The molecule has 3 rings (SSSR count). The van der Waals surface area contributed by atoms with E-state index in [9.17, 15) is 4.79 Å². The quantitative estimate of drug-likeness (QED) is 0.846. The average molecular weight is 313 g/mol. The third-order valence-corrected chi connectivity index (χ3v) is 4.49. The summed E-state index contributed by atoms with van der Waals surface area (Å²) in [7, 11) is 1.86. The lowest BCUT2D eigenvalue weighted by molar-refractivity contribution is -0.132. The molecular weight excluding hydrogens is 290 g/mol. The molecule has 0 aliphatic carbocycles. The number of likely N-dealkylation sites (tertiary alicyclic amines) is 1. The number of rotatable bonds is 5. The highest BCUT2D eigenvalue weighted by molar-refractivity contribution is 5.76. The van der Waals surface area contributed by atoms with Crippen molar-refractivity contribution in [2.45, 2.75) is 38.0 Å². The van der Waals surface area contributed by atoms with E-state index in [0.29, 0.717) is 6.42 Å². The molecule has 1 aromatic heterocycles. The Morgan fingerprint density at radius 3 is 2.87 bits per heavy atom. The predicted octanol–water partition coefficient (Wildman–Crippen LogP) is 1.94. The molecule has 1 aliphatic rings. The first-order valence-corrected chi connectivity index (χ1v) is 8.28. The number of tetrazole rings is 1. The van der Waals surface area contributed by atoms with E-state index >= 15 is 0 Å². The van der Waals surface area contributed by atoms with Crippen LogP contribution in [-0.2, 0) is 18.3 Å². The number of piperidine rings is 1. The Kier molecular flexibility index (Phi) is 5.00. The molecule has 0 bridgehead atoms. The second kappa shape index (κ2) is 7.35. The Bertz CT molecular complexity index is 639. The monoisotopic (exact) mass is 313 g/mol. The minimum absolute atomic E-state index is 0.251. The zero-order chi connectivity index (χ0) is 16.1. The lowest BCUT2D eigenvalue weighted by Gasteiger charge is -2.32. The fourth-order valence-electron chi connectivity index (χ4n) is 3.24. The fourth-order valence-corrected chi connectivity index (χ4v) is 3.24. The number of hydrogen-bond acceptors (Lipinski definition) is 4. The normalized spacial score (nSPS) is 18.1. The van der Waals surface area contributed by atoms with E-state index in [4.69, 9.17) is 0 Å². The Morgan fingerprint density at radius 2 is 2.13 bits per heavy atom. The van der Waals surface area contributed by atoms with Gasteiger partial charge in [-0.25, -0.2) is 4.68 Å². The summed E-state index contributed by atoms with van der Waals surface area (Å²) >= 11 is 0. The number of benzene rings is 1. The van der Waals surface area contributed by atoms with E-state index in [2.05, 4.69) is 27.7 Å². The molecule has 122 valence electrons. The van der Waals surface area contributed by atoms with Crippen molar-refractivity contribution in [3.05, 3.63) is 41.7 Å². The van der Waals surface area contributed by atoms with Crippen LogP contribution in [0.2, 0.25) is 0 Å². The van der Waals surface area contributed by atoms with Gasteiger partial charge in [-0.1, -0.05) is 30.3 Å². The highest BCUT2D eigenvalue weighted by Gasteiger charge is 2.27. The van der Waals surface area contributed by atoms with Crippen molar-refractivity contribution >= 4 is 5.91 Å². The highest BCUT2D eigenvalue weighted by Crippen LogP contribution is 2.25. The second-order valence-corrected chi connectivity index (χ2v) is 6.18. The van der Waals surface area contributed by atoms with Gasteiger partial charge in [0.2, 0.25) is 5.91 Å². The van der Waals surface area contributed by atoms with E-state index in [1.54, 1.807) is 4.68 Å². The molecule has 23 heavy (non-hydrogen) atoms. The highest BCUT2D eigenvalue weighted by atomic mass is 16.2. The first-order valence-electron chi connectivity index (χ1n) is 8.28. The number of aromatic nitrogens is 4. The largest absolute Gasteiger partial charge is 0.342 e. The van der Waals surface area contributed by atoms with Gasteiger partial charge >= 0.3 is 0 Å². The molecule has 1 atom stereocenters. The van der Waals surface area contributed by atoms with Crippen molar-refractivity contribution in [1.82, 2.24) is 25.1 Å². The summed E-state index contributed by atoms with van der Waals surface area (Å²) in [6.07, 6.45) is 4.52. The van der Waals surface area contributed by atoms with Gasteiger partial charge in [0.05, 0.1) is 0 Å². The van der Waals surface area contributed by atoms with Gasteiger partial charge in [0.15, 0.2) is 5.82 Å². The van der Waals surface area contributed by atoms with E-state index in [1.807, 2.05) is 30.1 Å². The van der Waals surface area contributed by atoms with Crippen molar-refractivity contribution in [1.29, 1.82) is 0 Å². The summed E-state index contributed by atoms with van der Waals surface area (Å²) in [5, 5.41) is 11.7. The molecule has 2 aromatic rings. The Hall–Kier alpha value is -2.24. The molecule has 1 aromatic carbocycles. The first kappa shape index (κ1) is 15.6. The van der Waals surface area contributed by atoms with Crippen molar-refractivity contribution in [3.8, 4) is 0 Å². The maximum Gasteiger partial charge on any atom is 0.222 e. The third kappa shape index (κ3) is 3.94. The van der Waals surface area contributed by atoms with Crippen LogP contribution in [0.3, 0.4) is 0 Å². The van der Waals surface area contributed by atoms with Gasteiger partial charge in [-0.05, 0) is 41.7 Å². The number of carbonyl (C=O) groups is 1. The maximum absolute atomic E-state index is 12.5. The van der Waals surface area contributed by atoms with Crippen LogP contribution < -0.4 is 0 Å². The van der Waals surface area contributed by atoms with E-state index in [0.717, 1.165) is 44.6 Å². The van der Waals surface area contributed by atoms with Gasteiger partial charge in [-0.15, -0.1) is 5.10 Å². The summed E-state index contributed by atoms with van der Waals surface area (Å²) in [6, 6.07) is 10.3. The number of carbonyl (C=O) groups excluding carboxylic acids is 1. The molecule has 6 nitrogen and oxygen atoms in total. The molecule has 6 heteroatoms. The lowest BCUT2D eigenvalue weighted by Crippen LogP contribution is -2.39. The molecule has 1 amide bonds. The van der Waals surface area contributed by atoms with Crippen molar-refractivity contribution in [2.75, 3.05) is 13.1 Å². The average Bonchev–Trinajstić information content (AvgIpc) is 3.02. The predicted molar refractivity (Wildman–Crippen MR) is 86.7 cm³/mol. The number of hydrogen-bond donors (Lipinski definition) is 0. The molecule has 1 fully saturated rings. The Balaban J connectivity index is 1.50. The Labute approximate surface area is 136 Å². The molecule has 1 aliphatic heterocycles. The van der Waals surface area contributed by atoms with Crippen LogP contribution in [0.1, 0.15) is 43.0 Å². The molecule has 0 radical (unpaired) electrons. The number of amides is 1. The smallest absolute Gasteiger partial charge is 0.222 e. The van der Waals surface area contributed by atoms with Gasteiger partial charge < -0.3 is 4.90 Å². The van der Waals surface area contributed by atoms with Gasteiger partial charge in [-0.2, -0.15) is 0 Å². The van der Waals surface area contributed by atoms with Crippen LogP contribution in [0.5, 0.6) is 0 Å². The summed E-state index contributed by atoms with van der Waals surface area (Å²) in [4.78, 5) is 14.4. The maximum atomic E-state index is 12.5. The summed E-state index contributed by atoms with van der Waals surface area (Å²) in [6.45, 7) is 1.59. The Morgan fingerprint density at radius 1 is 1.30 bits per heavy atom. The van der Waals surface area contributed by atoms with Crippen LogP contribution in [0.15, 0.2) is 30.3 Å². The van der Waals surface area contributed by atoms with Crippen LogP contribution in [0.4, 0.5) is 0 Å². The van der Waals surface area contributed by atoms with Crippen LogP contribution in [0.25, 0.3) is 0 Å². The van der Waals surface area contributed by atoms with Gasteiger partial charge in [0.25, 0.3) is 0 Å². The van der Waals surface area contributed by atoms with E-state index in [-0.39, 0.29) is 11.8 Å². The van der Waals surface area contributed by atoms with Gasteiger partial charge in [-0.3, -0.25) is 4.79 Å². The van der Waals surface area contributed by atoms with E-state index < -0.39 is 0 Å². The van der Waals surface area contributed by atoms with Crippen LogP contribution in [0, 0.1) is 0 Å². The fraction of sp³-hybridized carbons (Fsp3) is 0.529. The van der Waals surface area contributed by atoms with Crippen molar-refractivity contribution < 1.29 is 4.79 Å².